The van der Waals surface area contributed by atoms with Crippen LogP contribution in [0.4, 0.5) is 5.95 Å². The number of piperidine rings is 1. The van der Waals surface area contributed by atoms with Crippen molar-refractivity contribution in [1.29, 1.82) is 0 Å². The van der Waals surface area contributed by atoms with Gasteiger partial charge in [0.2, 0.25) is 5.95 Å². The molecule has 0 N–H and O–H groups in total. The number of likely N-dealkylation sites (tertiary alicyclic amines) is 1. The van der Waals surface area contributed by atoms with E-state index in [-0.39, 0.29) is 0 Å². The maximum absolute atomic E-state index is 4.78. The summed E-state index contributed by atoms with van der Waals surface area (Å²) in [7, 11) is 3.97. The van der Waals surface area contributed by atoms with Crippen molar-refractivity contribution in [3.63, 3.8) is 0 Å². The number of aromatic nitrogens is 4. The van der Waals surface area contributed by atoms with E-state index in [2.05, 4.69) is 41.1 Å². The summed E-state index contributed by atoms with van der Waals surface area (Å²) in [4.78, 5) is 13.7. The van der Waals surface area contributed by atoms with Crippen LogP contribution in [0.5, 0.6) is 0 Å². The van der Waals surface area contributed by atoms with Gasteiger partial charge in [-0.2, -0.15) is 5.10 Å². The zero-order valence-electron chi connectivity index (χ0n) is 15.2. The standard InChI is InChI=1S/C18H28N6/c1-5-24-13-15(14(2)21-24)12-23-11-7-6-8-17(23)16-9-10-19-18(20-16)22(3)4/h9-10,13,17H,5-8,11-12H2,1-4H3. The van der Waals surface area contributed by atoms with Crippen molar-refractivity contribution < 1.29 is 0 Å². The van der Waals surface area contributed by atoms with E-state index in [1.807, 2.05) is 29.9 Å². The van der Waals surface area contributed by atoms with Crippen LogP contribution in [0.15, 0.2) is 18.5 Å². The molecule has 0 saturated carbocycles. The van der Waals surface area contributed by atoms with E-state index < -0.39 is 0 Å². The van der Waals surface area contributed by atoms with Gasteiger partial charge in [0.15, 0.2) is 0 Å². The van der Waals surface area contributed by atoms with E-state index in [4.69, 9.17) is 4.98 Å². The predicted molar refractivity (Wildman–Crippen MR) is 96.0 cm³/mol. The third-order valence-electron chi connectivity index (χ3n) is 4.76. The average molecular weight is 328 g/mol. The maximum atomic E-state index is 4.78. The fraction of sp³-hybridized carbons (Fsp3) is 0.611. The Morgan fingerprint density at radius 2 is 2.12 bits per heavy atom. The lowest BCUT2D eigenvalue weighted by Crippen LogP contribution is -2.33. The summed E-state index contributed by atoms with van der Waals surface area (Å²) in [5.41, 5.74) is 3.59. The van der Waals surface area contributed by atoms with Crippen molar-refractivity contribution in [2.45, 2.75) is 52.2 Å². The first-order valence-electron chi connectivity index (χ1n) is 8.85. The van der Waals surface area contributed by atoms with Crippen LogP contribution < -0.4 is 4.90 Å². The van der Waals surface area contributed by atoms with E-state index in [0.717, 1.165) is 43.4 Å². The van der Waals surface area contributed by atoms with Gasteiger partial charge in [-0.05, 0) is 39.3 Å². The molecule has 1 fully saturated rings. The minimum absolute atomic E-state index is 0.366. The molecular weight excluding hydrogens is 300 g/mol. The molecule has 0 aliphatic carbocycles. The third-order valence-corrected chi connectivity index (χ3v) is 4.76. The number of nitrogens with zero attached hydrogens (tertiary/aromatic N) is 6. The van der Waals surface area contributed by atoms with Crippen LogP contribution in [0.3, 0.4) is 0 Å². The Morgan fingerprint density at radius 1 is 1.29 bits per heavy atom. The molecule has 1 aliphatic rings. The van der Waals surface area contributed by atoms with E-state index in [1.54, 1.807) is 0 Å². The molecule has 2 aromatic heterocycles. The van der Waals surface area contributed by atoms with Crippen molar-refractivity contribution in [1.82, 2.24) is 24.6 Å². The van der Waals surface area contributed by atoms with Crippen molar-refractivity contribution in [2.75, 3.05) is 25.5 Å². The second-order valence-electron chi connectivity index (χ2n) is 6.75. The molecule has 3 rings (SSSR count). The molecule has 1 saturated heterocycles. The molecule has 1 atom stereocenters. The summed E-state index contributed by atoms with van der Waals surface area (Å²) >= 11 is 0. The van der Waals surface area contributed by atoms with Crippen LogP contribution in [-0.4, -0.2) is 45.3 Å². The lowest BCUT2D eigenvalue weighted by atomic mass is 9.98. The second kappa shape index (κ2) is 7.30. The number of rotatable bonds is 5. The molecule has 24 heavy (non-hydrogen) atoms. The van der Waals surface area contributed by atoms with Gasteiger partial charge in [-0.15, -0.1) is 0 Å². The molecule has 0 bridgehead atoms. The van der Waals surface area contributed by atoms with E-state index in [9.17, 15) is 0 Å². The molecule has 0 spiro atoms. The summed E-state index contributed by atoms with van der Waals surface area (Å²) in [5.74, 6) is 0.785. The van der Waals surface area contributed by atoms with Gasteiger partial charge in [0.1, 0.15) is 0 Å². The fourth-order valence-electron chi connectivity index (χ4n) is 3.37. The number of hydrogen-bond acceptors (Lipinski definition) is 5. The summed E-state index contributed by atoms with van der Waals surface area (Å²) < 4.78 is 2.03. The van der Waals surface area contributed by atoms with Gasteiger partial charge in [0.25, 0.3) is 0 Å². The lowest BCUT2D eigenvalue weighted by molar-refractivity contribution is 0.137. The van der Waals surface area contributed by atoms with E-state index in [1.165, 1.54) is 18.4 Å². The van der Waals surface area contributed by atoms with Gasteiger partial charge in [0, 0.05) is 45.1 Å². The molecular formula is C18H28N6. The number of anilines is 1. The Bertz CT molecular complexity index is 678. The lowest BCUT2D eigenvalue weighted by Gasteiger charge is -2.35. The Kier molecular flexibility index (Phi) is 5.14. The molecule has 130 valence electrons. The molecule has 0 amide bonds. The van der Waals surface area contributed by atoms with Crippen LogP contribution in [-0.2, 0) is 13.1 Å². The minimum Gasteiger partial charge on any atom is -0.347 e. The minimum atomic E-state index is 0.366. The SMILES string of the molecule is CCn1cc(CN2CCCCC2c2ccnc(N(C)C)n2)c(C)n1. The largest absolute Gasteiger partial charge is 0.347 e. The van der Waals surface area contributed by atoms with Gasteiger partial charge in [-0.1, -0.05) is 6.42 Å². The highest BCUT2D eigenvalue weighted by Gasteiger charge is 2.26. The molecule has 1 unspecified atom stereocenters. The predicted octanol–water partition coefficient (Wildman–Crippen LogP) is 2.79. The maximum Gasteiger partial charge on any atom is 0.225 e. The zero-order valence-corrected chi connectivity index (χ0v) is 15.2. The molecule has 0 radical (unpaired) electrons. The first-order valence-corrected chi connectivity index (χ1v) is 8.85. The van der Waals surface area contributed by atoms with Gasteiger partial charge < -0.3 is 4.90 Å². The monoisotopic (exact) mass is 328 g/mol. The van der Waals surface area contributed by atoms with Crippen LogP contribution in [0.1, 0.15) is 49.2 Å². The van der Waals surface area contributed by atoms with Crippen molar-refractivity contribution in [2.24, 2.45) is 0 Å². The highest BCUT2D eigenvalue weighted by molar-refractivity contribution is 5.28. The molecule has 1 aliphatic heterocycles. The fourth-order valence-corrected chi connectivity index (χ4v) is 3.37. The van der Waals surface area contributed by atoms with Crippen LogP contribution in [0.2, 0.25) is 0 Å². The molecule has 6 heteroatoms. The summed E-state index contributed by atoms with van der Waals surface area (Å²) in [5, 5.41) is 4.59. The summed E-state index contributed by atoms with van der Waals surface area (Å²) in [6.07, 6.45) is 7.74. The average Bonchev–Trinajstić information content (AvgIpc) is 2.95. The Morgan fingerprint density at radius 3 is 2.83 bits per heavy atom. The van der Waals surface area contributed by atoms with Crippen molar-refractivity contribution >= 4 is 5.95 Å². The number of hydrogen-bond donors (Lipinski definition) is 0. The highest BCUT2D eigenvalue weighted by Crippen LogP contribution is 2.31. The first-order chi connectivity index (χ1) is 11.6. The zero-order chi connectivity index (χ0) is 17.1. The van der Waals surface area contributed by atoms with Gasteiger partial charge in [0.05, 0.1) is 17.4 Å². The second-order valence-corrected chi connectivity index (χ2v) is 6.75. The van der Waals surface area contributed by atoms with E-state index in [0.29, 0.717) is 6.04 Å². The third kappa shape index (κ3) is 3.59. The van der Waals surface area contributed by atoms with Crippen LogP contribution in [0.25, 0.3) is 0 Å². The van der Waals surface area contributed by atoms with Gasteiger partial charge >= 0.3 is 0 Å². The van der Waals surface area contributed by atoms with Gasteiger partial charge in [-0.3, -0.25) is 9.58 Å². The molecule has 3 heterocycles. The van der Waals surface area contributed by atoms with Crippen molar-refractivity contribution in [3.8, 4) is 0 Å². The normalized spacial score (nSPS) is 18.8. The highest BCUT2D eigenvalue weighted by atomic mass is 15.3. The Hall–Kier alpha value is -1.95. The summed E-state index contributed by atoms with van der Waals surface area (Å²) in [6.45, 7) is 7.21. The van der Waals surface area contributed by atoms with Crippen LogP contribution >= 0.6 is 0 Å². The summed E-state index contributed by atoms with van der Waals surface area (Å²) in [6, 6.07) is 2.43. The van der Waals surface area contributed by atoms with E-state index >= 15 is 0 Å². The van der Waals surface area contributed by atoms with Gasteiger partial charge in [-0.25, -0.2) is 9.97 Å². The topological polar surface area (TPSA) is 50.1 Å². The quantitative estimate of drug-likeness (QED) is 0.845. The molecule has 6 nitrogen and oxygen atoms in total. The Labute approximate surface area is 144 Å². The number of aryl methyl sites for hydroxylation is 2. The Balaban J connectivity index is 1.83. The van der Waals surface area contributed by atoms with Crippen LogP contribution in [0, 0.1) is 6.92 Å². The molecule has 0 aromatic carbocycles. The molecule has 2 aromatic rings. The first kappa shape index (κ1) is 16.9. The smallest absolute Gasteiger partial charge is 0.225 e. The van der Waals surface area contributed by atoms with Crippen molar-refractivity contribution in [3.05, 3.63) is 35.4 Å².